The van der Waals surface area contributed by atoms with E-state index in [1.165, 1.54) is 9.56 Å². The van der Waals surface area contributed by atoms with Gasteiger partial charge in [0.05, 0.1) is 23.5 Å². The van der Waals surface area contributed by atoms with Crippen LogP contribution in [0.4, 0.5) is 0 Å². The van der Waals surface area contributed by atoms with Crippen LogP contribution >= 0.6 is 11.3 Å². The molecule has 0 saturated carbocycles. The molecule has 172 valence electrons. The number of aryl methyl sites for hydroxylation is 1. The lowest BCUT2D eigenvalue weighted by atomic mass is 9.99. The van der Waals surface area contributed by atoms with Gasteiger partial charge in [0.25, 0.3) is 5.56 Å². The lowest BCUT2D eigenvalue weighted by molar-refractivity contribution is -0.133. The maximum atomic E-state index is 13.6. The standard InChI is InChI=1S/C25H28N4O3S/c1-16-7-9-27(10-8-16)22(30)15-29-25(31)23-20(13-26-29)24-21(11-17(2)33-24)28(23)14-18-5-4-6-19(12-18)32-3/h4-6,11-13,16H,7-10,14-15H2,1-3H3. The molecule has 0 bridgehead atoms. The summed E-state index contributed by atoms with van der Waals surface area (Å²) in [6.07, 6.45) is 3.75. The van der Waals surface area contributed by atoms with Crippen LogP contribution in [0, 0.1) is 12.8 Å². The molecule has 4 aromatic rings. The zero-order chi connectivity index (χ0) is 23.1. The van der Waals surface area contributed by atoms with Crippen molar-refractivity contribution in [2.45, 2.75) is 39.8 Å². The van der Waals surface area contributed by atoms with Gasteiger partial charge in [-0.1, -0.05) is 19.1 Å². The van der Waals surface area contributed by atoms with Crippen molar-refractivity contribution in [3.8, 4) is 5.75 Å². The fourth-order valence-corrected chi connectivity index (χ4v) is 5.66. The van der Waals surface area contributed by atoms with Crippen LogP contribution in [0.3, 0.4) is 0 Å². The molecular weight excluding hydrogens is 436 g/mol. The number of hydrogen-bond donors (Lipinski definition) is 0. The summed E-state index contributed by atoms with van der Waals surface area (Å²) in [6.45, 7) is 6.28. The number of aromatic nitrogens is 3. The van der Waals surface area contributed by atoms with Gasteiger partial charge in [0.2, 0.25) is 5.91 Å². The summed E-state index contributed by atoms with van der Waals surface area (Å²) in [5.41, 5.74) is 2.42. The van der Waals surface area contributed by atoms with Crippen LogP contribution in [0.15, 0.2) is 41.3 Å². The lowest BCUT2D eigenvalue weighted by Crippen LogP contribution is -2.41. The van der Waals surface area contributed by atoms with Crippen molar-refractivity contribution in [1.29, 1.82) is 0 Å². The van der Waals surface area contributed by atoms with Crippen LogP contribution in [-0.2, 0) is 17.9 Å². The van der Waals surface area contributed by atoms with Crippen molar-refractivity contribution in [3.63, 3.8) is 0 Å². The third kappa shape index (κ3) is 4.04. The summed E-state index contributed by atoms with van der Waals surface area (Å²) in [5, 5.41) is 5.23. The number of hydrogen-bond acceptors (Lipinski definition) is 5. The van der Waals surface area contributed by atoms with E-state index in [2.05, 4.69) is 29.6 Å². The SMILES string of the molecule is COc1cccc(Cn2c3cc(C)sc3c3cnn(CC(=O)N4CCC(C)CC4)c(=O)c32)c1. The van der Waals surface area contributed by atoms with Gasteiger partial charge in [0.15, 0.2) is 0 Å². The minimum Gasteiger partial charge on any atom is -0.497 e. The van der Waals surface area contributed by atoms with E-state index in [1.54, 1.807) is 24.6 Å². The number of piperidine rings is 1. The minimum absolute atomic E-state index is 0.0276. The van der Waals surface area contributed by atoms with Gasteiger partial charge in [-0.15, -0.1) is 11.3 Å². The number of methoxy groups -OCH3 is 1. The minimum atomic E-state index is -0.227. The fraction of sp³-hybridized carbons (Fsp3) is 0.400. The molecule has 0 spiro atoms. The number of likely N-dealkylation sites (tertiary alicyclic amines) is 1. The topological polar surface area (TPSA) is 69.4 Å². The summed E-state index contributed by atoms with van der Waals surface area (Å²) >= 11 is 1.66. The van der Waals surface area contributed by atoms with Crippen molar-refractivity contribution in [3.05, 3.63) is 57.3 Å². The van der Waals surface area contributed by atoms with E-state index >= 15 is 0 Å². The van der Waals surface area contributed by atoms with E-state index in [9.17, 15) is 9.59 Å². The molecule has 3 aromatic heterocycles. The van der Waals surface area contributed by atoms with Gasteiger partial charge in [-0.2, -0.15) is 5.10 Å². The molecule has 1 saturated heterocycles. The molecule has 0 radical (unpaired) electrons. The average Bonchev–Trinajstić information content (AvgIpc) is 3.32. The first-order valence-corrected chi connectivity index (χ1v) is 12.2. The number of carbonyl (C=O) groups excluding carboxylic acids is 1. The Kier molecular flexibility index (Phi) is 5.70. The Morgan fingerprint density at radius 3 is 2.79 bits per heavy atom. The second-order valence-electron chi connectivity index (χ2n) is 8.94. The molecular formula is C25H28N4O3S. The first kappa shape index (κ1) is 21.7. The Balaban J connectivity index is 1.56. The summed E-state index contributed by atoms with van der Waals surface area (Å²) in [7, 11) is 1.65. The molecule has 33 heavy (non-hydrogen) atoms. The van der Waals surface area contributed by atoms with Crippen molar-refractivity contribution in [2.75, 3.05) is 20.2 Å². The van der Waals surface area contributed by atoms with E-state index in [1.807, 2.05) is 29.2 Å². The molecule has 0 atom stereocenters. The van der Waals surface area contributed by atoms with Gasteiger partial charge in [0, 0.05) is 29.9 Å². The molecule has 1 aliphatic heterocycles. The third-order valence-electron chi connectivity index (χ3n) is 6.56. The molecule has 5 rings (SSSR count). The Morgan fingerprint density at radius 1 is 1.24 bits per heavy atom. The number of fused-ring (bicyclic) bond motifs is 3. The third-order valence-corrected chi connectivity index (χ3v) is 7.63. The summed E-state index contributed by atoms with van der Waals surface area (Å²) in [5.74, 6) is 1.38. The molecule has 1 amide bonds. The van der Waals surface area contributed by atoms with Crippen LogP contribution in [0.2, 0.25) is 0 Å². The number of nitrogens with zero attached hydrogens (tertiary/aromatic N) is 4. The fourth-order valence-electron chi connectivity index (χ4n) is 4.64. The lowest BCUT2D eigenvalue weighted by Gasteiger charge is -2.30. The van der Waals surface area contributed by atoms with E-state index in [0.717, 1.165) is 52.8 Å². The van der Waals surface area contributed by atoms with Crippen LogP contribution in [0.5, 0.6) is 5.75 Å². The van der Waals surface area contributed by atoms with Crippen LogP contribution in [-0.4, -0.2) is 45.4 Å². The largest absolute Gasteiger partial charge is 0.497 e. The van der Waals surface area contributed by atoms with Crippen molar-refractivity contribution in [1.82, 2.24) is 19.2 Å². The van der Waals surface area contributed by atoms with Crippen molar-refractivity contribution < 1.29 is 9.53 Å². The molecule has 4 heterocycles. The number of thiophene rings is 1. The Labute approximate surface area is 196 Å². The Hall–Kier alpha value is -3.13. The summed E-state index contributed by atoms with van der Waals surface area (Å²) in [6, 6.07) is 9.99. The highest BCUT2D eigenvalue weighted by Crippen LogP contribution is 2.34. The predicted octanol–water partition coefficient (Wildman–Crippen LogP) is 4.04. The van der Waals surface area contributed by atoms with E-state index in [0.29, 0.717) is 18.0 Å². The zero-order valence-electron chi connectivity index (χ0n) is 19.2. The normalized spacial score (nSPS) is 14.9. The molecule has 0 aliphatic carbocycles. The summed E-state index contributed by atoms with van der Waals surface area (Å²) < 4.78 is 9.81. The van der Waals surface area contributed by atoms with Crippen LogP contribution < -0.4 is 10.3 Å². The highest BCUT2D eigenvalue weighted by molar-refractivity contribution is 7.20. The molecule has 1 aromatic carbocycles. The molecule has 7 nitrogen and oxygen atoms in total. The molecule has 1 aliphatic rings. The van der Waals surface area contributed by atoms with Crippen LogP contribution in [0.25, 0.3) is 21.1 Å². The van der Waals surface area contributed by atoms with Gasteiger partial charge in [-0.3, -0.25) is 9.59 Å². The number of benzene rings is 1. The van der Waals surface area contributed by atoms with Gasteiger partial charge in [-0.25, -0.2) is 4.68 Å². The van der Waals surface area contributed by atoms with Crippen molar-refractivity contribution in [2.24, 2.45) is 5.92 Å². The maximum Gasteiger partial charge on any atom is 0.291 e. The summed E-state index contributed by atoms with van der Waals surface area (Å²) in [4.78, 5) is 29.5. The number of rotatable bonds is 5. The smallest absolute Gasteiger partial charge is 0.291 e. The average molecular weight is 465 g/mol. The van der Waals surface area contributed by atoms with Gasteiger partial charge in [-0.05, 0) is 49.4 Å². The van der Waals surface area contributed by atoms with Crippen LogP contribution in [0.1, 0.15) is 30.2 Å². The predicted molar refractivity (Wildman–Crippen MR) is 131 cm³/mol. The highest BCUT2D eigenvalue weighted by atomic mass is 32.1. The molecule has 8 heteroatoms. The van der Waals surface area contributed by atoms with Gasteiger partial charge < -0.3 is 14.2 Å². The Morgan fingerprint density at radius 2 is 2.03 bits per heavy atom. The highest BCUT2D eigenvalue weighted by Gasteiger charge is 2.23. The van der Waals surface area contributed by atoms with Crippen molar-refractivity contribution >= 4 is 38.4 Å². The number of carbonyl (C=O) groups is 1. The molecule has 1 fully saturated rings. The number of ether oxygens (including phenoxy) is 1. The van der Waals surface area contributed by atoms with E-state index in [-0.39, 0.29) is 18.0 Å². The zero-order valence-corrected chi connectivity index (χ0v) is 20.0. The quantitative estimate of drug-likeness (QED) is 0.447. The van der Waals surface area contributed by atoms with Gasteiger partial charge >= 0.3 is 0 Å². The molecule has 0 N–H and O–H groups in total. The first-order chi connectivity index (χ1) is 15.9. The van der Waals surface area contributed by atoms with Gasteiger partial charge in [0.1, 0.15) is 17.8 Å². The second kappa shape index (κ2) is 8.67. The first-order valence-electron chi connectivity index (χ1n) is 11.3. The Bertz CT molecular complexity index is 1390. The second-order valence-corrected chi connectivity index (χ2v) is 10.2. The molecule has 0 unspecified atom stereocenters. The number of amides is 1. The monoisotopic (exact) mass is 464 g/mol. The van der Waals surface area contributed by atoms with E-state index in [4.69, 9.17) is 4.74 Å². The maximum absolute atomic E-state index is 13.6. The van der Waals surface area contributed by atoms with E-state index < -0.39 is 0 Å².